The summed E-state index contributed by atoms with van der Waals surface area (Å²) < 4.78 is 15.6. The van der Waals surface area contributed by atoms with E-state index in [9.17, 15) is 29.1 Å². The Morgan fingerprint density at radius 1 is 1.02 bits per heavy atom. The van der Waals surface area contributed by atoms with Gasteiger partial charge >= 0.3 is 24.2 Å². The van der Waals surface area contributed by atoms with Gasteiger partial charge in [-0.05, 0) is 93.1 Å². The lowest BCUT2D eigenvalue weighted by molar-refractivity contribution is -0.166. The van der Waals surface area contributed by atoms with E-state index in [0.717, 1.165) is 22.4 Å². The summed E-state index contributed by atoms with van der Waals surface area (Å²) in [5.74, 6) is -2.03. The minimum atomic E-state index is -1.36. The number of nitrogens with zero attached hydrogens (tertiary/aromatic N) is 4. The third-order valence-electron chi connectivity index (χ3n) is 8.81. The molecule has 2 aliphatic heterocycles. The quantitative estimate of drug-likeness (QED) is 0.266. The van der Waals surface area contributed by atoms with Gasteiger partial charge in [0.05, 0.1) is 26.7 Å². The number of carbonyl (C=O) groups is 5. The predicted octanol–water partition coefficient (Wildman–Crippen LogP) is 5.66. The normalized spacial score (nSPS) is 18.7. The first-order chi connectivity index (χ1) is 24.3. The molecule has 2 fully saturated rings. The Morgan fingerprint density at radius 3 is 2.43 bits per heavy atom. The molecule has 2 N–H and O–H groups in total. The number of nitrogens with one attached hydrogen (secondary N) is 1. The Labute approximate surface area is 296 Å². The maximum absolute atomic E-state index is 13.7. The molecule has 14 nitrogen and oxygen atoms in total. The van der Waals surface area contributed by atoms with Crippen LogP contribution in [-0.2, 0) is 32.0 Å². The van der Waals surface area contributed by atoms with E-state index in [1.54, 1.807) is 64.3 Å². The number of hydrogen-bond acceptors (Lipinski definition) is 9. The van der Waals surface area contributed by atoms with Crippen molar-refractivity contribution in [3.63, 3.8) is 0 Å². The van der Waals surface area contributed by atoms with Crippen molar-refractivity contribution in [3.05, 3.63) is 83.6 Å². The molecule has 5 rings (SSSR count). The number of imide groups is 1. The lowest BCUT2D eigenvalue weighted by atomic mass is 9.82. The van der Waals surface area contributed by atoms with Crippen molar-refractivity contribution in [3.8, 4) is 5.75 Å². The number of carbonyl (C=O) groups excluding carboxylic acids is 4. The third kappa shape index (κ3) is 8.74. The fourth-order valence-electron chi connectivity index (χ4n) is 6.32. The van der Waals surface area contributed by atoms with Crippen LogP contribution in [0.15, 0.2) is 66.9 Å². The molecular weight excluding hydrogens is 658 g/mol. The summed E-state index contributed by atoms with van der Waals surface area (Å²) in [6, 6.07) is 15.7. The number of aliphatic carboxylic acids is 1. The van der Waals surface area contributed by atoms with Crippen LogP contribution >= 0.6 is 0 Å². The number of likely N-dealkylation sites (tertiary alicyclic amines) is 2. The van der Waals surface area contributed by atoms with Crippen molar-refractivity contribution in [2.75, 3.05) is 37.5 Å². The molecule has 270 valence electrons. The first-order valence-corrected chi connectivity index (χ1v) is 16.7. The number of benzene rings is 2. The maximum atomic E-state index is 13.7. The molecule has 2 aromatic carbocycles. The molecule has 5 amide bonds. The van der Waals surface area contributed by atoms with Crippen molar-refractivity contribution in [1.82, 2.24) is 14.8 Å². The van der Waals surface area contributed by atoms with E-state index in [1.807, 2.05) is 24.3 Å². The number of methoxy groups -OCH3 is 2. The second-order valence-electron chi connectivity index (χ2n) is 13.5. The summed E-state index contributed by atoms with van der Waals surface area (Å²) in [5.41, 5.74) is 2.01. The number of carboxylic acid groups (broad SMARTS) is 1. The Morgan fingerprint density at radius 2 is 1.76 bits per heavy atom. The topological polar surface area (TPSA) is 168 Å². The van der Waals surface area contributed by atoms with E-state index in [0.29, 0.717) is 30.0 Å². The molecule has 0 aliphatic carbocycles. The maximum Gasteiger partial charge on any atom is 0.416 e. The third-order valence-corrected chi connectivity index (χ3v) is 8.81. The molecule has 0 bridgehead atoms. The van der Waals surface area contributed by atoms with Crippen LogP contribution in [0.4, 0.5) is 25.9 Å². The lowest BCUT2D eigenvalue weighted by Gasteiger charge is -2.46. The molecule has 2 aliphatic rings. The zero-order valence-corrected chi connectivity index (χ0v) is 29.3. The zero-order valence-electron chi connectivity index (χ0n) is 29.3. The van der Waals surface area contributed by atoms with Gasteiger partial charge in [0.25, 0.3) is 0 Å². The molecule has 14 heteroatoms. The summed E-state index contributed by atoms with van der Waals surface area (Å²) in [6.07, 6.45) is 1.69. The van der Waals surface area contributed by atoms with Crippen molar-refractivity contribution in [2.45, 2.75) is 64.1 Å². The zero-order chi connectivity index (χ0) is 36.9. The molecule has 0 spiro atoms. The van der Waals surface area contributed by atoms with Gasteiger partial charge in [-0.15, -0.1) is 0 Å². The number of ether oxygens (including phenoxy) is 3. The van der Waals surface area contributed by atoms with E-state index >= 15 is 0 Å². The number of urea groups is 1. The molecule has 51 heavy (non-hydrogen) atoms. The van der Waals surface area contributed by atoms with Crippen LogP contribution in [0, 0.1) is 5.92 Å². The monoisotopic (exact) mass is 701 g/mol. The molecule has 0 saturated carbocycles. The van der Waals surface area contributed by atoms with Gasteiger partial charge in [-0.1, -0.05) is 24.3 Å². The van der Waals surface area contributed by atoms with Gasteiger partial charge in [0, 0.05) is 30.9 Å². The van der Waals surface area contributed by atoms with E-state index in [1.165, 1.54) is 23.1 Å². The van der Waals surface area contributed by atoms with Gasteiger partial charge in [0.1, 0.15) is 17.2 Å². The Kier molecular flexibility index (Phi) is 11.1. The van der Waals surface area contributed by atoms with Gasteiger partial charge in [-0.25, -0.2) is 29.1 Å². The highest BCUT2D eigenvalue weighted by Crippen LogP contribution is 2.35. The number of pyridine rings is 1. The minimum Gasteiger partial charge on any atom is -0.497 e. The number of anilines is 2. The lowest BCUT2D eigenvalue weighted by Crippen LogP contribution is -2.69. The number of carboxylic acids is 1. The van der Waals surface area contributed by atoms with Crippen LogP contribution in [0.5, 0.6) is 5.75 Å². The van der Waals surface area contributed by atoms with Gasteiger partial charge in [-0.3, -0.25) is 15.0 Å². The van der Waals surface area contributed by atoms with E-state index in [2.05, 4.69) is 15.0 Å². The summed E-state index contributed by atoms with van der Waals surface area (Å²) in [4.78, 5) is 72.9. The molecule has 3 atom stereocenters. The number of piperidine rings is 1. The van der Waals surface area contributed by atoms with Gasteiger partial charge in [0.2, 0.25) is 5.91 Å². The van der Waals surface area contributed by atoms with Crippen LogP contribution in [0.25, 0.3) is 0 Å². The van der Waals surface area contributed by atoms with Crippen LogP contribution < -0.4 is 15.0 Å². The van der Waals surface area contributed by atoms with Crippen molar-refractivity contribution < 1.29 is 43.3 Å². The number of rotatable bonds is 9. The van der Waals surface area contributed by atoms with Crippen LogP contribution in [0.1, 0.15) is 56.2 Å². The average Bonchev–Trinajstić information content (AvgIpc) is 3.11. The first kappa shape index (κ1) is 36.6. The first-order valence-electron chi connectivity index (χ1n) is 16.7. The molecule has 2 saturated heterocycles. The smallest absolute Gasteiger partial charge is 0.416 e. The number of β-lactam (4-membered cyclic amide) rings is 1. The second-order valence-corrected chi connectivity index (χ2v) is 13.5. The average molecular weight is 702 g/mol. The van der Waals surface area contributed by atoms with Crippen molar-refractivity contribution in [2.24, 2.45) is 5.92 Å². The summed E-state index contributed by atoms with van der Waals surface area (Å²) >= 11 is 0. The van der Waals surface area contributed by atoms with Gasteiger partial charge in [-0.2, -0.15) is 0 Å². The Bertz CT molecular complexity index is 1770. The Balaban J connectivity index is 1.31. The van der Waals surface area contributed by atoms with E-state index in [4.69, 9.17) is 9.47 Å². The largest absolute Gasteiger partial charge is 0.497 e. The highest BCUT2D eigenvalue weighted by atomic mass is 16.6. The summed E-state index contributed by atoms with van der Waals surface area (Å²) in [7, 11) is 2.84. The molecule has 3 heterocycles. The molecule has 1 unspecified atom stereocenters. The molecule has 3 aromatic rings. The second kappa shape index (κ2) is 15.5. The minimum absolute atomic E-state index is 0.0163. The molecule has 1 aromatic heterocycles. The summed E-state index contributed by atoms with van der Waals surface area (Å²) in [6.45, 7) is 6.06. The predicted molar refractivity (Wildman–Crippen MR) is 187 cm³/mol. The van der Waals surface area contributed by atoms with E-state index < -0.39 is 47.7 Å². The van der Waals surface area contributed by atoms with E-state index in [-0.39, 0.29) is 31.2 Å². The van der Waals surface area contributed by atoms with Crippen LogP contribution in [0.2, 0.25) is 0 Å². The standard InChI is InChI=1S/C37H43N5O9/c1-37(2,3)51-36(48)41(21-23-11-13-28(49-4)14-12-23)30-19-24(15-16-38-30)18-29-31(33(44)45)42(32(29)43)35(47)40-17-7-9-26(22-40)25-8-6-10-27(20-25)39-34(46)50-5/h6,8,10-16,19-20,26,29,31H,7,9,17-18,21-22H2,1-5H3,(H,39,46)(H,44,45)/t26?,29-,31+/m1/s1. The number of hydrogen-bond donors (Lipinski definition) is 2. The number of aromatic nitrogens is 1. The highest BCUT2D eigenvalue weighted by Gasteiger charge is 2.55. The fourth-order valence-corrected chi connectivity index (χ4v) is 6.32. The molecular formula is C37H43N5O9. The van der Waals surface area contributed by atoms with Gasteiger partial charge < -0.3 is 24.2 Å². The summed E-state index contributed by atoms with van der Waals surface area (Å²) in [5, 5.41) is 12.8. The fraction of sp³-hybridized carbons (Fsp3) is 0.405. The Hall–Kier alpha value is -5.66. The highest BCUT2D eigenvalue weighted by molar-refractivity contribution is 6.07. The SMILES string of the molecule is COC(=O)Nc1cccc(C2CCCN(C(=O)N3C(=O)[C@H](Cc4ccnc(N(Cc5ccc(OC)cc5)C(=O)OC(C)(C)C)c4)[C@H]3C(=O)O)C2)c1. The van der Waals surface area contributed by atoms with Crippen molar-refractivity contribution in [1.29, 1.82) is 0 Å². The molecule has 0 radical (unpaired) electrons. The van der Waals surface area contributed by atoms with Crippen LogP contribution in [-0.4, -0.2) is 88.9 Å². The van der Waals surface area contributed by atoms with Gasteiger partial charge in [0.15, 0.2) is 6.04 Å². The van der Waals surface area contributed by atoms with Crippen LogP contribution in [0.3, 0.4) is 0 Å². The number of amides is 5. The van der Waals surface area contributed by atoms with Crippen molar-refractivity contribution >= 4 is 41.6 Å².